The van der Waals surface area contributed by atoms with Crippen LogP contribution in [0.2, 0.25) is 0 Å². The van der Waals surface area contributed by atoms with E-state index in [4.69, 9.17) is 0 Å². The maximum Gasteiger partial charge on any atom is 0.255 e. The standard InChI is InChI=1S/C16H25NO2/c1-3-4-5-6-7-8-11-17-16(19)14-10-9-13(2)12-15(14)18/h9-10,12,18H,3-8,11H2,1-2H3,(H,17,19). The van der Waals surface area contributed by atoms with E-state index < -0.39 is 0 Å². The lowest BCUT2D eigenvalue weighted by molar-refractivity contribution is 0.0950. The summed E-state index contributed by atoms with van der Waals surface area (Å²) in [4.78, 5) is 11.8. The monoisotopic (exact) mass is 263 g/mol. The number of aryl methyl sites for hydroxylation is 1. The van der Waals surface area contributed by atoms with Crippen LogP contribution in [-0.2, 0) is 0 Å². The third kappa shape index (κ3) is 5.77. The van der Waals surface area contributed by atoms with Gasteiger partial charge in [0.25, 0.3) is 5.91 Å². The molecule has 0 fully saturated rings. The smallest absolute Gasteiger partial charge is 0.255 e. The van der Waals surface area contributed by atoms with Gasteiger partial charge in [-0.25, -0.2) is 0 Å². The average molecular weight is 263 g/mol. The Morgan fingerprint density at radius 3 is 2.53 bits per heavy atom. The van der Waals surface area contributed by atoms with Crippen molar-refractivity contribution in [2.45, 2.75) is 52.4 Å². The van der Waals surface area contributed by atoms with E-state index in [-0.39, 0.29) is 11.7 Å². The molecule has 0 aromatic heterocycles. The SMILES string of the molecule is CCCCCCCCNC(=O)c1ccc(C)cc1O. The number of amides is 1. The van der Waals surface area contributed by atoms with Crippen molar-refractivity contribution in [2.75, 3.05) is 6.54 Å². The van der Waals surface area contributed by atoms with Crippen LogP contribution < -0.4 is 5.32 Å². The summed E-state index contributed by atoms with van der Waals surface area (Å²) in [5.74, 6) is -0.133. The summed E-state index contributed by atoms with van der Waals surface area (Å²) in [6, 6.07) is 5.11. The summed E-state index contributed by atoms with van der Waals surface area (Å²) in [6.45, 7) is 4.77. The second-order valence-corrected chi connectivity index (χ2v) is 5.04. The largest absolute Gasteiger partial charge is 0.507 e. The van der Waals surface area contributed by atoms with Gasteiger partial charge < -0.3 is 10.4 Å². The van der Waals surface area contributed by atoms with Crippen molar-refractivity contribution < 1.29 is 9.90 Å². The van der Waals surface area contributed by atoms with E-state index in [9.17, 15) is 9.90 Å². The molecule has 0 bridgehead atoms. The third-order valence-electron chi connectivity index (χ3n) is 3.21. The molecule has 0 radical (unpaired) electrons. The molecular weight excluding hydrogens is 238 g/mol. The van der Waals surface area contributed by atoms with Crippen LogP contribution >= 0.6 is 0 Å². The number of rotatable bonds is 8. The highest BCUT2D eigenvalue weighted by molar-refractivity contribution is 5.96. The second kappa shape index (κ2) is 8.57. The number of phenolic OH excluding ortho intramolecular Hbond substituents is 1. The number of carbonyl (C=O) groups is 1. The van der Waals surface area contributed by atoms with Gasteiger partial charge in [0.05, 0.1) is 5.56 Å². The average Bonchev–Trinajstić information content (AvgIpc) is 2.37. The summed E-state index contributed by atoms with van der Waals surface area (Å²) in [5.41, 5.74) is 1.31. The zero-order valence-corrected chi connectivity index (χ0v) is 12.0. The summed E-state index contributed by atoms with van der Waals surface area (Å²) < 4.78 is 0. The lowest BCUT2D eigenvalue weighted by Crippen LogP contribution is -2.24. The first-order chi connectivity index (χ1) is 9.15. The number of benzene rings is 1. The molecule has 19 heavy (non-hydrogen) atoms. The van der Waals surface area contributed by atoms with Crippen molar-refractivity contribution in [2.24, 2.45) is 0 Å². The molecule has 1 aromatic carbocycles. The van der Waals surface area contributed by atoms with Gasteiger partial charge in [0.2, 0.25) is 0 Å². The van der Waals surface area contributed by atoms with Crippen LogP contribution in [0.4, 0.5) is 0 Å². The van der Waals surface area contributed by atoms with Gasteiger partial charge in [0.15, 0.2) is 0 Å². The van der Waals surface area contributed by atoms with Crippen LogP contribution in [0.5, 0.6) is 5.75 Å². The van der Waals surface area contributed by atoms with Gasteiger partial charge in [-0.1, -0.05) is 45.1 Å². The lowest BCUT2D eigenvalue weighted by atomic mass is 10.1. The molecule has 1 amide bonds. The van der Waals surface area contributed by atoms with E-state index in [1.54, 1.807) is 12.1 Å². The Morgan fingerprint density at radius 2 is 1.84 bits per heavy atom. The van der Waals surface area contributed by atoms with E-state index in [1.165, 1.54) is 25.7 Å². The Labute approximate surface area is 116 Å². The van der Waals surface area contributed by atoms with Crippen molar-refractivity contribution in [3.8, 4) is 5.75 Å². The van der Waals surface area contributed by atoms with Crippen LogP contribution in [0.25, 0.3) is 0 Å². The molecule has 0 saturated carbocycles. The van der Waals surface area contributed by atoms with Gasteiger partial charge in [-0.3, -0.25) is 4.79 Å². The van der Waals surface area contributed by atoms with Gasteiger partial charge in [-0.2, -0.15) is 0 Å². The predicted octanol–water partition coefficient (Wildman–Crippen LogP) is 3.79. The molecule has 1 aromatic rings. The molecule has 0 spiro atoms. The highest BCUT2D eigenvalue weighted by atomic mass is 16.3. The van der Waals surface area contributed by atoms with Gasteiger partial charge in [0.1, 0.15) is 5.75 Å². The molecule has 0 aliphatic heterocycles. The number of unbranched alkanes of at least 4 members (excludes halogenated alkanes) is 5. The minimum absolute atomic E-state index is 0.0560. The fraction of sp³-hybridized carbons (Fsp3) is 0.562. The molecule has 2 N–H and O–H groups in total. The zero-order chi connectivity index (χ0) is 14.1. The Balaban J connectivity index is 2.24. The number of hydrogen-bond acceptors (Lipinski definition) is 2. The summed E-state index contributed by atoms with van der Waals surface area (Å²) in [6.07, 6.45) is 7.22. The van der Waals surface area contributed by atoms with Crippen LogP contribution in [0.3, 0.4) is 0 Å². The quantitative estimate of drug-likeness (QED) is 0.701. The molecule has 0 atom stereocenters. The summed E-state index contributed by atoms with van der Waals surface area (Å²) in [7, 11) is 0. The highest BCUT2D eigenvalue weighted by Gasteiger charge is 2.09. The zero-order valence-electron chi connectivity index (χ0n) is 12.0. The van der Waals surface area contributed by atoms with Crippen LogP contribution in [-0.4, -0.2) is 17.6 Å². The van der Waals surface area contributed by atoms with Crippen LogP contribution in [0.15, 0.2) is 18.2 Å². The highest BCUT2D eigenvalue weighted by Crippen LogP contribution is 2.18. The van der Waals surface area contributed by atoms with Crippen molar-refractivity contribution in [3.05, 3.63) is 29.3 Å². The predicted molar refractivity (Wildman–Crippen MR) is 78.6 cm³/mol. The first-order valence-corrected chi connectivity index (χ1v) is 7.23. The topological polar surface area (TPSA) is 49.3 Å². The molecule has 0 unspecified atom stereocenters. The van der Waals surface area contributed by atoms with Gasteiger partial charge in [-0.05, 0) is 31.0 Å². The number of carbonyl (C=O) groups excluding carboxylic acids is 1. The van der Waals surface area contributed by atoms with E-state index in [1.807, 2.05) is 13.0 Å². The number of nitrogens with one attached hydrogen (secondary N) is 1. The molecule has 3 heteroatoms. The maximum absolute atomic E-state index is 11.8. The fourth-order valence-electron chi connectivity index (χ4n) is 2.04. The summed E-state index contributed by atoms with van der Waals surface area (Å²) in [5, 5.41) is 12.6. The first-order valence-electron chi connectivity index (χ1n) is 7.23. The van der Waals surface area contributed by atoms with Gasteiger partial charge in [-0.15, -0.1) is 0 Å². The Hall–Kier alpha value is -1.51. The normalized spacial score (nSPS) is 10.4. The number of hydrogen-bond donors (Lipinski definition) is 2. The molecular formula is C16H25NO2. The first kappa shape index (κ1) is 15.5. The molecule has 0 aliphatic rings. The Morgan fingerprint density at radius 1 is 1.16 bits per heavy atom. The molecule has 1 rings (SSSR count). The molecule has 3 nitrogen and oxygen atoms in total. The molecule has 0 saturated heterocycles. The molecule has 0 aliphatic carbocycles. The minimum atomic E-state index is -0.189. The summed E-state index contributed by atoms with van der Waals surface area (Å²) >= 11 is 0. The molecule has 0 heterocycles. The third-order valence-corrected chi connectivity index (χ3v) is 3.21. The van der Waals surface area contributed by atoms with E-state index in [0.717, 1.165) is 18.4 Å². The fourth-order valence-corrected chi connectivity index (χ4v) is 2.04. The number of phenols is 1. The molecule has 106 valence electrons. The van der Waals surface area contributed by atoms with Gasteiger partial charge >= 0.3 is 0 Å². The van der Waals surface area contributed by atoms with Crippen LogP contribution in [0, 0.1) is 6.92 Å². The van der Waals surface area contributed by atoms with Crippen molar-refractivity contribution in [3.63, 3.8) is 0 Å². The minimum Gasteiger partial charge on any atom is -0.507 e. The lowest BCUT2D eigenvalue weighted by Gasteiger charge is -2.07. The van der Waals surface area contributed by atoms with Gasteiger partial charge in [0, 0.05) is 6.54 Å². The van der Waals surface area contributed by atoms with E-state index in [0.29, 0.717) is 12.1 Å². The Bertz CT molecular complexity index is 402. The van der Waals surface area contributed by atoms with E-state index >= 15 is 0 Å². The van der Waals surface area contributed by atoms with Crippen molar-refractivity contribution >= 4 is 5.91 Å². The Kier molecular flexibility index (Phi) is 7.01. The van der Waals surface area contributed by atoms with E-state index in [2.05, 4.69) is 12.2 Å². The second-order valence-electron chi connectivity index (χ2n) is 5.04. The van der Waals surface area contributed by atoms with Crippen LogP contribution in [0.1, 0.15) is 61.4 Å². The van der Waals surface area contributed by atoms with Crippen molar-refractivity contribution in [1.29, 1.82) is 0 Å². The van der Waals surface area contributed by atoms with Crippen molar-refractivity contribution in [1.82, 2.24) is 5.32 Å². The maximum atomic E-state index is 11.8. The number of aromatic hydroxyl groups is 1.